The molecule has 23 heavy (non-hydrogen) atoms. The van der Waals surface area contributed by atoms with Crippen LogP contribution in [-0.2, 0) is 10.0 Å². The first-order valence-corrected chi connectivity index (χ1v) is 8.74. The summed E-state index contributed by atoms with van der Waals surface area (Å²) in [5.74, 6) is 0.339. The summed E-state index contributed by atoms with van der Waals surface area (Å²) in [5, 5.41) is 0. The van der Waals surface area contributed by atoms with E-state index in [0.29, 0.717) is 5.56 Å². The van der Waals surface area contributed by atoms with Crippen LogP contribution in [0.5, 0.6) is 5.75 Å². The van der Waals surface area contributed by atoms with E-state index in [1.54, 1.807) is 0 Å². The van der Waals surface area contributed by atoms with Crippen molar-refractivity contribution in [3.05, 3.63) is 58.9 Å². The SMILES string of the molecule is Cc1cc(S(=O)(=O)NCCOc2c(C)cccc2C)ccc1F. The van der Waals surface area contributed by atoms with Crippen LogP contribution in [-0.4, -0.2) is 21.6 Å². The molecular weight excluding hydrogens is 317 g/mol. The van der Waals surface area contributed by atoms with Crippen molar-refractivity contribution < 1.29 is 17.5 Å². The second-order valence-electron chi connectivity index (χ2n) is 5.38. The molecule has 0 aliphatic carbocycles. The van der Waals surface area contributed by atoms with Gasteiger partial charge >= 0.3 is 0 Å². The van der Waals surface area contributed by atoms with Gasteiger partial charge in [0.1, 0.15) is 18.2 Å². The molecule has 0 atom stereocenters. The minimum atomic E-state index is -3.67. The lowest BCUT2D eigenvalue weighted by molar-refractivity contribution is 0.318. The fourth-order valence-electron chi connectivity index (χ4n) is 2.22. The van der Waals surface area contributed by atoms with Gasteiger partial charge < -0.3 is 4.74 Å². The number of nitrogens with one attached hydrogen (secondary N) is 1. The van der Waals surface area contributed by atoms with Crippen molar-refractivity contribution in [2.24, 2.45) is 0 Å². The van der Waals surface area contributed by atoms with Gasteiger partial charge in [-0.2, -0.15) is 0 Å². The van der Waals surface area contributed by atoms with Gasteiger partial charge in [-0.3, -0.25) is 0 Å². The van der Waals surface area contributed by atoms with E-state index in [4.69, 9.17) is 4.74 Å². The second kappa shape index (κ2) is 7.10. The van der Waals surface area contributed by atoms with E-state index < -0.39 is 15.8 Å². The van der Waals surface area contributed by atoms with Crippen molar-refractivity contribution in [2.75, 3.05) is 13.2 Å². The second-order valence-corrected chi connectivity index (χ2v) is 7.15. The van der Waals surface area contributed by atoms with E-state index in [-0.39, 0.29) is 18.0 Å². The first-order chi connectivity index (χ1) is 10.8. The molecule has 2 rings (SSSR count). The Labute approximate surface area is 136 Å². The Kier molecular flexibility index (Phi) is 5.38. The average Bonchev–Trinajstić information content (AvgIpc) is 2.48. The third kappa shape index (κ3) is 4.30. The third-order valence-electron chi connectivity index (χ3n) is 3.49. The number of hydrogen-bond donors (Lipinski definition) is 1. The van der Waals surface area contributed by atoms with Gasteiger partial charge in [0, 0.05) is 6.54 Å². The molecule has 2 aromatic carbocycles. The largest absolute Gasteiger partial charge is 0.492 e. The van der Waals surface area contributed by atoms with Gasteiger partial charge in [0.05, 0.1) is 4.90 Å². The van der Waals surface area contributed by atoms with E-state index >= 15 is 0 Å². The van der Waals surface area contributed by atoms with E-state index in [1.165, 1.54) is 19.1 Å². The first kappa shape index (κ1) is 17.4. The highest BCUT2D eigenvalue weighted by molar-refractivity contribution is 7.89. The molecule has 0 amide bonds. The highest BCUT2D eigenvalue weighted by Gasteiger charge is 2.15. The number of sulfonamides is 1. The Bertz CT molecular complexity index is 783. The lowest BCUT2D eigenvalue weighted by Gasteiger charge is -2.12. The molecule has 1 N–H and O–H groups in total. The van der Waals surface area contributed by atoms with Crippen molar-refractivity contribution in [1.29, 1.82) is 0 Å². The highest BCUT2D eigenvalue weighted by Crippen LogP contribution is 2.22. The molecule has 0 bridgehead atoms. The lowest BCUT2D eigenvalue weighted by atomic mass is 10.1. The van der Waals surface area contributed by atoms with Crippen LogP contribution in [0.1, 0.15) is 16.7 Å². The zero-order valence-corrected chi connectivity index (χ0v) is 14.2. The predicted molar refractivity (Wildman–Crippen MR) is 87.7 cm³/mol. The molecule has 6 heteroatoms. The third-order valence-corrected chi connectivity index (χ3v) is 4.95. The summed E-state index contributed by atoms with van der Waals surface area (Å²) in [6.07, 6.45) is 0. The molecule has 0 heterocycles. The Morgan fingerprint density at radius 2 is 1.70 bits per heavy atom. The van der Waals surface area contributed by atoms with Crippen LogP contribution in [0.3, 0.4) is 0 Å². The molecular formula is C17H20FNO3S. The number of para-hydroxylation sites is 1. The van der Waals surface area contributed by atoms with E-state index in [0.717, 1.165) is 22.9 Å². The molecule has 0 unspecified atom stereocenters. The quantitative estimate of drug-likeness (QED) is 0.824. The van der Waals surface area contributed by atoms with Crippen LogP contribution in [0.15, 0.2) is 41.3 Å². The fraction of sp³-hybridized carbons (Fsp3) is 0.294. The zero-order chi connectivity index (χ0) is 17.0. The number of hydrogen-bond acceptors (Lipinski definition) is 3. The Hall–Kier alpha value is -1.92. The molecule has 0 fully saturated rings. The van der Waals surface area contributed by atoms with Gasteiger partial charge in [-0.05, 0) is 55.7 Å². The Balaban J connectivity index is 1.96. The smallest absolute Gasteiger partial charge is 0.240 e. The summed E-state index contributed by atoms with van der Waals surface area (Å²) in [4.78, 5) is 0.0449. The van der Waals surface area contributed by atoms with Crippen LogP contribution >= 0.6 is 0 Å². The van der Waals surface area contributed by atoms with Crippen molar-refractivity contribution >= 4 is 10.0 Å². The normalized spacial score (nSPS) is 11.5. The van der Waals surface area contributed by atoms with Gasteiger partial charge in [-0.15, -0.1) is 0 Å². The summed E-state index contributed by atoms with van der Waals surface area (Å²) < 4.78 is 45.6. The zero-order valence-electron chi connectivity index (χ0n) is 13.4. The van der Waals surface area contributed by atoms with E-state index in [9.17, 15) is 12.8 Å². The van der Waals surface area contributed by atoms with Gasteiger partial charge in [0.15, 0.2) is 0 Å². The maximum Gasteiger partial charge on any atom is 0.240 e. The topological polar surface area (TPSA) is 55.4 Å². The van der Waals surface area contributed by atoms with Crippen LogP contribution in [0, 0.1) is 26.6 Å². The number of halogens is 1. The van der Waals surface area contributed by atoms with Crippen molar-refractivity contribution in [3.63, 3.8) is 0 Å². The van der Waals surface area contributed by atoms with Gasteiger partial charge in [-0.25, -0.2) is 17.5 Å². The van der Waals surface area contributed by atoms with Gasteiger partial charge in [-0.1, -0.05) is 18.2 Å². The summed E-state index contributed by atoms with van der Waals surface area (Å²) in [6, 6.07) is 9.52. The van der Waals surface area contributed by atoms with Gasteiger partial charge in [0.2, 0.25) is 10.0 Å². The summed E-state index contributed by atoms with van der Waals surface area (Å²) in [6.45, 7) is 5.75. The number of aryl methyl sites for hydroxylation is 3. The van der Waals surface area contributed by atoms with Crippen LogP contribution < -0.4 is 9.46 Å². The molecule has 124 valence electrons. The monoisotopic (exact) mass is 337 g/mol. The summed E-state index contributed by atoms with van der Waals surface area (Å²) in [7, 11) is -3.67. The number of rotatable bonds is 6. The Morgan fingerprint density at radius 1 is 1.04 bits per heavy atom. The first-order valence-electron chi connectivity index (χ1n) is 7.26. The van der Waals surface area contributed by atoms with Crippen molar-refractivity contribution in [2.45, 2.75) is 25.7 Å². The highest BCUT2D eigenvalue weighted by atomic mass is 32.2. The maximum absolute atomic E-state index is 13.2. The minimum Gasteiger partial charge on any atom is -0.492 e. The van der Waals surface area contributed by atoms with E-state index in [2.05, 4.69) is 4.72 Å². The molecule has 0 saturated carbocycles. The summed E-state index contributed by atoms with van der Waals surface area (Å²) >= 11 is 0. The molecule has 0 aromatic heterocycles. The fourth-order valence-corrected chi connectivity index (χ4v) is 3.32. The molecule has 4 nitrogen and oxygen atoms in total. The summed E-state index contributed by atoms with van der Waals surface area (Å²) in [5.41, 5.74) is 2.30. The molecule has 0 aliphatic heterocycles. The molecule has 0 radical (unpaired) electrons. The average molecular weight is 337 g/mol. The molecule has 0 saturated heterocycles. The lowest BCUT2D eigenvalue weighted by Crippen LogP contribution is -2.28. The van der Waals surface area contributed by atoms with Crippen molar-refractivity contribution in [3.8, 4) is 5.75 Å². The standard InChI is InChI=1S/C17H20FNO3S/c1-12-5-4-6-13(2)17(12)22-10-9-19-23(20,21)15-7-8-16(18)14(3)11-15/h4-8,11,19H,9-10H2,1-3H3. The minimum absolute atomic E-state index is 0.0449. The predicted octanol–water partition coefficient (Wildman–Crippen LogP) is 3.11. The molecule has 0 spiro atoms. The maximum atomic E-state index is 13.2. The Morgan fingerprint density at radius 3 is 2.30 bits per heavy atom. The molecule has 0 aliphatic rings. The van der Waals surface area contributed by atoms with Crippen LogP contribution in [0.4, 0.5) is 4.39 Å². The number of ether oxygens (including phenoxy) is 1. The number of benzene rings is 2. The van der Waals surface area contributed by atoms with Crippen LogP contribution in [0.2, 0.25) is 0 Å². The molecule has 2 aromatic rings. The van der Waals surface area contributed by atoms with Crippen LogP contribution in [0.25, 0.3) is 0 Å². The van der Waals surface area contributed by atoms with Crippen molar-refractivity contribution in [1.82, 2.24) is 4.72 Å². The van der Waals surface area contributed by atoms with Gasteiger partial charge in [0.25, 0.3) is 0 Å². The van der Waals surface area contributed by atoms with E-state index in [1.807, 2.05) is 32.0 Å².